The SMILES string of the molecule is CCc1nc(CCN)c2cc(Br)ccn12. The van der Waals surface area contributed by atoms with Crippen molar-refractivity contribution in [3.05, 3.63) is 34.3 Å². The molecule has 4 heteroatoms. The Morgan fingerprint density at radius 1 is 1.53 bits per heavy atom. The molecule has 0 unspecified atom stereocenters. The lowest BCUT2D eigenvalue weighted by Gasteiger charge is -1.99. The van der Waals surface area contributed by atoms with Gasteiger partial charge < -0.3 is 10.1 Å². The van der Waals surface area contributed by atoms with E-state index in [9.17, 15) is 0 Å². The largest absolute Gasteiger partial charge is 0.330 e. The van der Waals surface area contributed by atoms with Gasteiger partial charge in [0.2, 0.25) is 0 Å². The number of aromatic nitrogens is 2. The quantitative estimate of drug-likeness (QED) is 0.927. The Kier molecular flexibility index (Phi) is 3.07. The first-order chi connectivity index (χ1) is 7.26. The van der Waals surface area contributed by atoms with Crippen LogP contribution in [-0.4, -0.2) is 15.9 Å². The average Bonchev–Trinajstić information content (AvgIpc) is 2.57. The topological polar surface area (TPSA) is 43.3 Å². The Morgan fingerprint density at radius 2 is 2.33 bits per heavy atom. The van der Waals surface area contributed by atoms with Crippen molar-refractivity contribution >= 4 is 21.4 Å². The highest BCUT2D eigenvalue weighted by Gasteiger charge is 2.08. The highest BCUT2D eigenvalue weighted by molar-refractivity contribution is 9.10. The normalized spacial score (nSPS) is 11.1. The number of aryl methyl sites for hydroxylation is 1. The van der Waals surface area contributed by atoms with E-state index in [0.29, 0.717) is 6.54 Å². The maximum atomic E-state index is 5.58. The summed E-state index contributed by atoms with van der Waals surface area (Å²) in [5, 5.41) is 0. The fraction of sp³-hybridized carbons (Fsp3) is 0.364. The molecule has 15 heavy (non-hydrogen) atoms. The molecule has 0 saturated heterocycles. The van der Waals surface area contributed by atoms with Crippen LogP contribution in [0.15, 0.2) is 22.8 Å². The van der Waals surface area contributed by atoms with Crippen LogP contribution >= 0.6 is 15.9 Å². The molecule has 0 atom stereocenters. The van der Waals surface area contributed by atoms with Crippen molar-refractivity contribution in [3.63, 3.8) is 0 Å². The zero-order chi connectivity index (χ0) is 10.8. The Labute approximate surface area is 97.4 Å². The summed E-state index contributed by atoms with van der Waals surface area (Å²) < 4.78 is 3.21. The fourth-order valence-corrected chi connectivity index (χ4v) is 2.09. The highest BCUT2D eigenvalue weighted by Crippen LogP contribution is 2.19. The third kappa shape index (κ3) is 1.92. The summed E-state index contributed by atoms with van der Waals surface area (Å²) in [6, 6.07) is 4.12. The minimum atomic E-state index is 0.641. The van der Waals surface area contributed by atoms with Crippen molar-refractivity contribution in [1.29, 1.82) is 0 Å². The lowest BCUT2D eigenvalue weighted by molar-refractivity contribution is 0.899. The fourth-order valence-electron chi connectivity index (χ4n) is 1.76. The first-order valence-electron chi connectivity index (χ1n) is 5.11. The van der Waals surface area contributed by atoms with Crippen LogP contribution in [0.25, 0.3) is 5.52 Å². The van der Waals surface area contributed by atoms with E-state index in [4.69, 9.17) is 5.73 Å². The predicted octanol–water partition coefficient (Wildman–Crippen LogP) is 2.16. The molecule has 0 aromatic carbocycles. The van der Waals surface area contributed by atoms with Gasteiger partial charge in [0.15, 0.2) is 0 Å². The molecule has 2 rings (SSSR count). The molecular weight excluding hydrogens is 254 g/mol. The van der Waals surface area contributed by atoms with Crippen LogP contribution in [0.3, 0.4) is 0 Å². The van der Waals surface area contributed by atoms with Gasteiger partial charge in [-0.15, -0.1) is 0 Å². The van der Waals surface area contributed by atoms with Crippen LogP contribution in [0, 0.1) is 0 Å². The first kappa shape index (κ1) is 10.6. The number of nitrogens with two attached hydrogens (primary N) is 1. The van der Waals surface area contributed by atoms with Crippen molar-refractivity contribution in [2.24, 2.45) is 5.73 Å². The summed E-state index contributed by atoms with van der Waals surface area (Å²) in [7, 11) is 0. The maximum Gasteiger partial charge on any atom is 0.113 e. The molecule has 0 aliphatic carbocycles. The average molecular weight is 268 g/mol. The lowest BCUT2D eigenvalue weighted by atomic mass is 10.2. The Balaban J connectivity index is 2.64. The molecule has 0 spiro atoms. The summed E-state index contributed by atoms with van der Waals surface area (Å²) in [5.74, 6) is 1.10. The number of hydrogen-bond acceptors (Lipinski definition) is 2. The summed E-state index contributed by atoms with van der Waals surface area (Å²) in [4.78, 5) is 4.60. The van der Waals surface area contributed by atoms with Crippen LogP contribution in [-0.2, 0) is 12.8 Å². The molecular formula is C11H14BrN3. The van der Waals surface area contributed by atoms with Gasteiger partial charge in [-0.25, -0.2) is 4.98 Å². The number of halogens is 1. The van der Waals surface area contributed by atoms with Crippen LogP contribution in [0.4, 0.5) is 0 Å². The van der Waals surface area contributed by atoms with Crippen molar-refractivity contribution in [3.8, 4) is 0 Å². The molecule has 2 aromatic rings. The summed E-state index contributed by atoms with van der Waals surface area (Å²) in [6.45, 7) is 2.76. The van der Waals surface area contributed by atoms with Crippen molar-refractivity contribution < 1.29 is 0 Å². The zero-order valence-corrected chi connectivity index (χ0v) is 10.3. The minimum absolute atomic E-state index is 0.641. The van der Waals surface area contributed by atoms with Gasteiger partial charge >= 0.3 is 0 Å². The number of pyridine rings is 1. The van der Waals surface area contributed by atoms with E-state index < -0.39 is 0 Å². The molecule has 3 nitrogen and oxygen atoms in total. The summed E-state index contributed by atoms with van der Waals surface area (Å²) >= 11 is 3.48. The lowest BCUT2D eigenvalue weighted by Crippen LogP contribution is -2.03. The third-order valence-corrected chi connectivity index (χ3v) is 2.95. The van der Waals surface area contributed by atoms with Gasteiger partial charge in [0.05, 0.1) is 11.2 Å². The Morgan fingerprint density at radius 3 is 3.00 bits per heavy atom. The van der Waals surface area contributed by atoms with Crippen molar-refractivity contribution in [2.75, 3.05) is 6.54 Å². The Bertz CT molecular complexity index is 476. The second kappa shape index (κ2) is 4.33. The molecule has 0 fully saturated rings. The molecule has 0 saturated carbocycles. The maximum absolute atomic E-state index is 5.58. The van der Waals surface area contributed by atoms with E-state index in [1.807, 2.05) is 12.3 Å². The second-order valence-electron chi connectivity index (χ2n) is 3.47. The number of fused-ring (bicyclic) bond motifs is 1. The highest BCUT2D eigenvalue weighted by atomic mass is 79.9. The molecule has 0 radical (unpaired) electrons. The molecule has 2 aromatic heterocycles. The van der Waals surface area contributed by atoms with Gasteiger partial charge in [-0.2, -0.15) is 0 Å². The van der Waals surface area contributed by atoms with E-state index in [0.717, 1.165) is 34.3 Å². The van der Waals surface area contributed by atoms with Gasteiger partial charge in [0, 0.05) is 23.5 Å². The van der Waals surface area contributed by atoms with Gasteiger partial charge in [-0.3, -0.25) is 0 Å². The molecule has 2 heterocycles. The van der Waals surface area contributed by atoms with Gasteiger partial charge in [0.1, 0.15) is 5.82 Å². The summed E-state index contributed by atoms with van der Waals surface area (Å²) in [5.41, 5.74) is 7.83. The van der Waals surface area contributed by atoms with Crippen LogP contribution in [0.2, 0.25) is 0 Å². The van der Waals surface area contributed by atoms with E-state index in [1.165, 1.54) is 0 Å². The standard InChI is InChI=1S/C11H14BrN3/c1-2-11-14-9(3-5-13)10-7-8(12)4-6-15(10)11/h4,6-7H,2-3,5,13H2,1H3. The van der Waals surface area contributed by atoms with Crippen molar-refractivity contribution in [2.45, 2.75) is 19.8 Å². The van der Waals surface area contributed by atoms with Crippen LogP contribution in [0.1, 0.15) is 18.4 Å². The molecule has 0 bridgehead atoms. The molecule has 0 aliphatic heterocycles. The number of nitrogens with zero attached hydrogens (tertiary/aromatic N) is 2. The summed E-state index contributed by atoms with van der Waals surface area (Å²) in [6.07, 6.45) is 3.82. The van der Waals surface area contributed by atoms with Gasteiger partial charge in [-0.1, -0.05) is 22.9 Å². The van der Waals surface area contributed by atoms with Gasteiger partial charge in [-0.05, 0) is 18.7 Å². The molecule has 0 amide bonds. The third-order valence-electron chi connectivity index (χ3n) is 2.45. The predicted molar refractivity (Wildman–Crippen MR) is 65.0 cm³/mol. The monoisotopic (exact) mass is 267 g/mol. The van der Waals surface area contributed by atoms with E-state index in [-0.39, 0.29) is 0 Å². The van der Waals surface area contributed by atoms with Gasteiger partial charge in [0.25, 0.3) is 0 Å². The Hall–Kier alpha value is -0.870. The first-order valence-corrected chi connectivity index (χ1v) is 5.91. The molecule has 2 N–H and O–H groups in total. The number of hydrogen-bond donors (Lipinski definition) is 1. The second-order valence-corrected chi connectivity index (χ2v) is 4.38. The number of imidazole rings is 1. The zero-order valence-electron chi connectivity index (χ0n) is 8.70. The molecule has 0 aliphatic rings. The minimum Gasteiger partial charge on any atom is -0.330 e. The number of rotatable bonds is 3. The smallest absolute Gasteiger partial charge is 0.113 e. The van der Waals surface area contributed by atoms with E-state index in [1.54, 1.807) is 0 Å². The van der Waals surface area contributed by atoms with E-state index in [2.05, 4.69) is 38.3 Å². The van der Waals surface area contributed by atoms with Crippen LogP contribution < -0.4 is 5.73 Å². The van der Waals surface area contributed by atoms with Crippen LogP contribution in [0.5, 0.6) is 0 Å². The van der Waals surface area contributed by atoms with Crippen molar-refractivity contribution in [1.82, 2.24) is 9.38 Å². The molecule has 80 valence electrons. The van der Waals surface area contributed by atoms with E-state index >= 15 is 0 Å².